The first-order valence-electron chi connectivity index (χ1n) is 12.2. The highest BCUT2D eigenvalue weighted by Gasteiger charge is 2.25. The van der Waals surface area contributed by atoms with E-state index in [0.717, 1.165) is 47.6 Å². The fraction of sp³-hybridized carbons (Fsp3) is 0.286. The number of carbonyl (C=O) groups is 2. The van der Waals surface area contributed by atoms with Gasteiger partial charge in [0.2, 0.25) is 0 Å². The highest BCUT2D eigenvalue weighted by Crippen LogP contribution is 2.22. The minimum absolute atomic E-state index is 0.00124. The van der Waals surface area contributed by atoms with Crippen LogP contribution in [0.5, 0.6) is 0 Å². The molecule has 0 aromatic heterocycles. The van der Waals surface area contributed by atoms with Crippen LogP contribution >= 0.6 is 23.2 Å². The Balaban J connectivity index is 1.14. The van der Waals surface area contributed by atoms with Gasteiger partial charge in [-0.2, -0.15) is 0 Å². The number of nitrogens with zero attached hydrogens (tertiary/aromatic N) is 4. The zero-order chi connectivity index (χ0) is 25.1. The van der Waals surface area contributed by atoms with Crippen LogP contribution in [0.1, 0.15) is 20.7 Å². The second-order valence-electron chi connectivity index (χ2n) is 9.09. The highest BCUT2D eigenvalue weighted by molar-refractivity contribution is 6.30. The van der Waals surface area contributed by atoms with Gasteiger partial charge in [-0.05, 0) is 72.8 Å². The van der Waals surface area contributed by atoms with Crippen LogP contribution in [0.2, 0.25) is 10.0 Å². The van der Waals surface area contributed by atoms with Crippen LogP contribution in [0.4, 0.5) is 11.4 Å². The number of anilines is 2. The molecule has 0 unspecified atom stereocenters. The van der Waals surface area contributed by atoms with Gasteiger partial charge in [-0.15, -0.1) is 0 Å². The topological polar surface area (TPSA) is 47.1 Å². The minimum atomic E-state index is 0.00124. The molecule has 0 aliphatic carbocycles. The molecule has 186 valence electrons. The fourth-order valence-electron chi connectivity index (χ4n) is 4.76. The monoisotopic (exact) mass is 522 g/mol. The Labute approximate surface area is 221 Å². The van der Waals surface area contributed by atoms with Crippen molar-refractivity contribution in [2.24, 2.45) is 0 Å². The molecule has 2 aliphatic rings. The number of halogens is 2. The van der Waals surface area contributed by atoms with Gasteiger partial charge in [-0.25, -0.2) is 0 Å². The van der Waals surface area contributed by atoms with Crippen LogP contribution in [0.25, 0.3) is 0 Å². The van der Waals surface area contributed by atoms with Crippen LogP contribution in [0.15, 0.2) is 72.8 Å². The van der Waals surface area contributed by atoms with E-state index < -0.39 is 0 Å². The molecule has 8 heteroatoms. The molecule has 2 saturated heterocycles. The lowest BCUT2D eigenvalue weighted by atomic mass is 10.1. The van der Waals surface area contributed by atoms with Crippen LogP contribution < -0.4 is 9.80 Å². The molecule has 0 saturated carbocycles. The van der Waals surface area contributed by atoms with Crippen molar-refractivity contribution in [2.45, 2.75) is 0 Å². The molecule has 2 fully saturated rings. The van der Waals surface area contributed by atoms with Crippen molar-refractivity contribution < 1.29 is 9.59 Å². The average molecular weight is 523 g/mol. The van der Waals surface area contributed by atoms with Crippen molar-refractivity contribution in [1.82, 2.24) is 9.80 Å². The smallest absolute Gasteiger partial charge is 0.253 e. The number of hydrogen-bond donors (Lipinski definition) is 0. The summed E-state index contributed by atoms with van der Waals surface area (Å²) in [6, 6.07) is 22.6. The van der Waals surface area contributed by atoms with E-state index in [1.807, 2.05) is 58.3 Å². The van der Waals surface area contributed by atoms with Gasteiger partial charge in [0.15, 0.2) is 0 Å². The third kappa shape index (κ3) is 5.45. The summed E-state index contributed by atoms with van der Waals surface area (Å²) in [5.74, 6) is 0.00247. The lowest BCUT2D eigenvalue weighted by Crippen LogP contribution is -2.49. The summed E-state index contributed by atoms with van der Waals surface area (Å²) < 4.78 is 0. The number of benzene rings is 3. The summed E-state index contributed by atoms with van der Waals surface area (Å²) >= 11 is 12.0. The van der Waals surface area contributed by atoms with Gasteiger partial charge in [-0.1, -0.05) is 23.2 Å². The Morgan fingerprint density at radius 2 is 0.778 bits per heavy atom. The number of amides is 2. The standard InChI is InChI=1S/C28H28Cl2N4O2/c29-23-5-9-25(10-6-23)31-13-17-33(18-14-31)27(35)21-1-2-22(4-3-21)28(36)34-19-15-32(16-20-34)26-11-7-24(30)8-12-26/h1-12H,13-20H2. The van der Waals surface area contributed by atoms with E-state index in [1.54, 1.807) is 24.3 Å². The van der Waals surface area contributed by atoms with E-state index in [9.17, 15) is 9.59 Å². The molecule has 0 atom stereocenters. The quantitative estimate of drug-likeness (QED) is 0.487. The third-order valence-electron chi connectivity index (χ3n) is 6.90. The van der Waals surface area contributed by atoms with Gasteiger partial charge in [0.05, 0.1) is 0 Å². The molecule has 0 bridgehead atoms. The van der Waals surface area contributed by atoms with Crippen molar-refractivity contribution in [2.75, 3.05) is 62.2 Å². The molecular weight excluding hydrogens is 495 g/mol. The number of piperazine rings is 2. The zero-order valence-electron chi connectivity index (χ0n) is 19.9. The predicted octanol–water partition coefficient (Wildman–Crippen LogP) is 4.92. The first-order chi connectivity index (χ1) is 17.5. The average Bonchev–Trinajstić information content (AvgIpc) is 2.93. The second kappa shape index (κ2) is 10.8. The van der Waals surface area contributed by atoms with Crippen molar-refractivity contribution >= 4 is 46.4 Å². The van der Waals surface area contributed by atoms with E-state index >= 15 is 0 Å². The summed E-state index contributed by atoms with van der Waals surface area (Å²) in [6.07, 6.45) is 0. The number of hydrogen-bond acceptors (Lipinski definition) is 4. The molecule has 2 heterocycles. The third-order valence-corrected chi connectivity index (χ3v) is 7.40. The van der Waals surface area contributed by atoms with Gasteiger partial charge < -0.3 is 19.6 Å². The molecule has 5 rings (SSSR count). The molecule has 3 aromatic carbocycles. The summed E-state index contributed by atoms with van der Waals surface area (Å²) in [4.78, 5) is 34.4. The van der Waals surface area contributed by atoms with Gasteiger partial charge in [-0.3, -0.25) is 9.59 Å². The first kappa shape index (κ1) is 24.5. The van der Waals surface area contributed by atoms with Crippen molar-refractivity contribution in [3.8, 4) is 0 Å². The van der Waals surface area contributed by atoms with Crippen LogP contribution in [-0.4, -0.2) is 74.0 Å². The molecule has 0 radical (unpaired) electrons. The molecule has 0 spiro atoms. The fourth-order valence-corrected chi connectivity index (χ4v) is 5.01. The molecule has 36 heavy (non-hydrogen) atoms. The van der Waals surface area contributed by atoms with Crippen molar-refractivity contribution in [1.29, 1.82) is 0 Å². The second-order valence-corrected chi connectivity index (χ2v) is 9.96. The molecular formula is C28H28Cl2N4O2. The maximum absolute atomic E-state index is 13.0. The zero-order valence-corrected chi connectivity index (χ0v) is 21.5. The highest BCUT2D eigenvalue weighted by atomic mass is 35.5. The number of carbonyl (C=O) groups excluding carboxylic acids is 2. The molecule has 2 aliphatic heterocycles. The van der Waals surface area contributed by atoms with E-state index in [-0.39, 0.29) is 11.8 Å². The summed E-state index contributed by atoms with van der Waals surface area (Å²) in [5.41, 5.74) is 3.45. The SMILES string of the molecule is O=C(c1ccc(C(=O)N2CCN(c3ccc(Cl)cc3)CC2)cc1)N1CCN(c2ccc(Cl)cc2)CC1. The van der Waals surface area contributed by atoms with Gasteiger partial charge in [0, 0.05) is 84.9 Å². The van der Waals surface area contributed by atoms with Gasteiger partial charge in [0.1, 0.15) is 0 Å². The molecule has 0 N–H and O–H groups in total. The predicted molar refractivity (Wildman–Crippen MR) is 146 cm³/mol. The maximum Gasteiger partial charge on any atom is 0.253 e. The minimum Gasteiger partial charge on any atom is -0.368 e. The van der Waals surface area contributed by atoms with Gasteiger partial charge in [0.25, 0.3) is 11.8 Å². The van der Waals surface area contributed by atoms with E-state index in [4.69, 9.17) is 23.2 Å². The molecule has 3 aromatic rings. The Hall–Kier alpha value is -3.22. The Morgan fingerprint density at radius 1 is 0.472 bits per heavy atom. The van der Waals surface area contributed by atoms with E-state index in [0.29, 0.717) is 37.3 Å². The Morgan fingerprint density at radius 3 is 1.08 bits per heavy atom. The lowest BCUT2D eigenvalue weighted by Gasteiger charge is -2.36. The van der Waals surface area contributed by atoms with E-state index in [2.05, 4.69) is 9.80 Å². The van der Waals surface area contributed by atoms with Gasteiger partial charge >= 0.3 is 0 Å². The Bertz CT molecular complexity index is 1100. The summed E-state index contributed by atoms with van der Waals surface area (Å²) in [6.45, 7) is 5.69. The lowest BCUT2D eigenvalue weighted by molar-refractivity contribution is 0.0735. The van der Waals surface area contributed by atoms with E-state index in [1.165, 1.54) is 0 Å². The normalized spacial score (nSPS) is 16.3. The maximum atomic E-state index is 13.0. The first-order valence-corrected chi connectivity index (χ1v) is 12.9. The molecule has 2 amide bonds. The van der Waals surface area contributed by atoms with Crippen LogP contribution in [0.3, 0.4) is 0 Å². The van der Waals surface area contributed by atoms with Crippen LogP contribution in [0, 0.1) is 0 Å². The largest absolute Gasteiger partial charge is 0.368 e. The summed E-state index contributed by atoms with van der Waals surface area (Å²) in [5, 5.41) is 1.43. The van der Waals surface area contributed by atoms with Crippen molar-refractivity contribution in [3.63, 3.8) is 0 Å². The van der Waals surface area contributed by atoms with Crippen LogP contribution in [-0.2, 0) is 0 Å². The molecule has 6 nitrogen and oxygen atoms in total. The van der Waals surface area contributed by atoms with Crippen molar-refractivity contribution in [3.05, 3.63) is 94.0 Å². The summed E-state index contributed by atoms with van der Waals surface area (Å²) in [7, 11) is 0. The number of rotatable bonds is 4. The Kier molecular flexibility index (Phi) is 7.35.